The molecule has 0 radical (unpaired) electrons. The predicted molar refractivity (Wildman–Crippen MR) is 94.0 cm³/mol. The first-order chi connectivity index (χ1) is 12.1. The van der Waals surface area contributed by atoms with Gasteiger partial charge in [0.1, 0.15) is 5.75 Å². The smallest absolute Gasteiger partial charge is 0.319 e. The number of ether oxygens (including phenoxy) is 1. The van der Waals surface area contributed by atoms with Crippen LogP contribution in [-0.2, 0) is 11.2 Å². The molecule has 0 aliphatic carbocycles. The highest BCUT2D eigenvalue weighted by Crippen LogP contribution is 2.21. The van der Waals surface area contributed by atoms with Crippen LogP contribution in [0.1, 0.15) is 25.3 Å². The molecule has 0 aliphatic heterocycles. The van der Waals surface area contributed by atoms with Crippen molar-refractivity contribution in [1.82, 2.24) is 10.3 Å². The van der Waals surface area contributed by atoms with E-state index in [1.165, 1.54) is 11.8 Å². The Morgan fingerprint density at radius 2 is 2.08 bits per heavy atom. The summed E-state index contributed by atoms with van der Waals surface area (Å²) in [6, 6.07) is 10.7. The van der Waals surface area contributed by atoms with Gasteiger partial charge in [-0.2, -0.15) is 0 Å². The summed E-state index contributed by atoms with van der Waals surface area (Å²) >= 11 is 0. The van der Waals surface area contributed by atoms with Crippen molar-refractivity contribution in [3.05, 3.63) is 48.2 Å². The molecule has 1 aromatic heterocycles. The number of carbonyl (C=O) groups excluding carboxylic acids is 1. The number of hydrogen-bond acceptors (Lipinski definition) is 4. The summed E-state index contributed by atoms with van der Waals surface area (Å²) < 4.78 is 5.69. The van der Waals surface area contributed by atoms with Crippen LogP contribution in [0.15, 0.2) is 42.6 Å². The summed E-state index contributed by atoms with van der Waals surface area (Å²) in [5, 5.41) is 13.7. The Bertz CT molecular complexity index is 717. The van der Waals surface area contributed by atoms with E-state index >= 15 is 0 Å². The summed E-state index contributed by atoms with van der Waals surface area (Å²) in [6.45, 7) is 2.37. The average molecular weight is 343 g/mol. The van der Waals surface area contributed by atoms with Crippen LogP contribution < -0.4 is 15.4 Å². The summed E-state index contributed by atoms with van der Waals surface area (Å²) in [4.78, 5) is 26.2. The molecule has 2 rings (SSSR count). The number of amides is 2. The van der Waals surface area contributed by atoms with Gasteiger partial charge in [0.05, 0.1) is 11.9 Å². The Balaban J connectivity index is 1.82. The molecule has 0 atom stereocenters. The van der Waals surface area contributed by atoms with Crippen molar-refractivity contribution < 1.29 is 19.4 Å². The van der Waals surface area contributed by atoms with Gasteiger partial charge in [-0.05, 0) is 36.6 Å². The van der Waals surface area contributed by atoms with Gasteiger partial charge in [0.15, 0.2) is 0 Å². The number of anilines is 1. The fourth-order valence-corrected chi connectivity index (χ4v) is 2.08. The highest BCUT2D eigenvalue weighted by atomic mass is 16.5. The SMILES string of the molecule is CCc1cccc(Oc2ccc(NC(=O)NCCCC(=O)O)cn2)c1. The minimum Gasteiger partial charge on any atom is -0.481 e. The summed E-state index contributed by atoms with van der Waals surface area (Å²) in [5.41, 5.74) is 1.70. The van der Waals surface area contributed by atoms with E-state index in [1.54, 1.807) is 12.1 Å². The largest absolute Gasteiger partial charge is 0.481 e. The van der Waals surface area contributed by atoms with Crippen LogP contribution in [0.3, 0.4) is 0 Å². The molecule has 0 spiro atoms. The van der Waals surface area contributed by atoms with Crippen LogP contribution in [0.5, 0.6) is 11.6 Å². The molecule has 7 heteroatoms. The van der Waals surface area contributed by atoms with Crippen LogP contribution in [0.4, 0.5) is 10.5 Å². The first-order valence-corrected chi connectivity index (χ1v) is 8.06. The number of nitrogens with one attached hydrogen (secondary N) is 2. The lowest BCUT2D eigenvalue weighted by Crippen LogP contribution is -2.29. The van der Waals surface area contributed by atoms with Crippen molar-refractivity contribution in [3.63, 3.8) is 0 Å². The van der Waals surface area contributed by atoms with Crippen molar-refractivity contribution in [1.29, 1.82) is 0 Å². The second kappa shape index (κ2) is 9.27. The zero-order valence-corrected chi connectivity index (χ0v) is 14.0. The van der Waals surface area contributed by atoms with Crippen LogP contribution in [0.25, 0.3) is 0 Å². The topological polar surface area (TPSA) is 101 Å². The number of benzene rings is 1. The van der Waals surface area contributed by atoms with E-state index < -0.39 is 12.0 Å². The molecule has 7 nitrogen and oxygen atoms in total. The molecule has 3 N–H and O–H groups in total. The van der Waals surface area contributed by atoms with E-state index in [2.05, 4.69) is 22.5 Å². The first-order valence-electron chi connectivity index (χ1n) is 8.06. The van der Waals surface area contributed by atoms with Gasteiger partial charge < -0.3 is 20.5 Å². The van der Waals surface area contributed by atoms with Crippen LogP contribution >= 0.6 is 0 Å². The number of pyridine rings is 1. The van der Waals surface area contributed by atoms with E-state index in [1.807, 2.05) is 24.3 Å². The third-order valence-corrected chi connectivity index (χ3v) is 3.38. The lowest BCUT2D eigenvalue weighted by Gasteiger charge is -2.09. The number of carboxylic acids is 1. The highest BCUT2D eigenvalue weighted by Gasteiger charge is 2.04. The van der Waals surface area contributed by atoms with Crippen molar-refractivity contribution in [2.45, 2.75) is 26.2 Å². The molecule has 0 fully saturated rings. The fourth-order valence-electron chi connectivity index (χ4n) is 2.08. The third kappa shape index (κ3) is 6.50. The Morgan fingerprint density at radius 1 is 1.24 bits per heavy atom. The average Bonchev–Trinajstić information content (AvgIpc) is 2.60. The van der Waals surface area contributed by atoms with Crippen molar-refractivity contribution in [3.8, 4) is 11.6 Å². The molecule has 2 amide bonds. The van der Waals surface area contributed by atoms with E-state index in [0.717, 1.165) is 6.42 Å². The lowest BCUT2D eigenvalue weighted by molar-refractivity contribution is -0.137. The lowest BCUT2D eigenvalue weighted by atomic mass is 10.2. The Morgan fingerprint density at radius 3 is 2.76 bits per heavy atom. The van der Waals surface area contributed by atoms with Gasteiger partial charge >= 0.3 is 12.0 Å². The first kappa shape index (κ1) is 18.3. The maximum absolute atomic E-state index is 11.7. The quantitative estimate of drug-likeness (QED) is 0.638. The number of hydrogen-bond donors (Lipinski definition) is 3. The zero-order chi connectivity index (χ0) is 18.1. The third-order valence-electron chi connectivity index (χ3n) is 3.38. The number of rotatable bonds is 8. The molecule has 0 aliphatic rings. The molecule has 2 aromatic rings. The minimum absolute atomic E-state index is 0.0209. The number of aliphatic carboxylic acids is 1. The minimum atomic E-state index is -0.883. The number of carbonyl (C=O) groups is 2. The molecule has 0 saturated carbocycles. The van der Waals surface area contributed by atoms with E-state index in [4.69, 9.17) is 9.84 Å². The molecule has 0 saturated heterocycles. The maximum atomic E-state index is 11.7. The standard InChI is InChI=1S/C18H21N3O4/c1-2-13-5-3-6-15(11-13)25-16-9-8-14(12-20-16)21-18(24)19-10-4-7-17(22)23/h3,5-6,8-9,11-12H,2,4,7,10H2,1H3,(H,22,23)(H2,19,21,24). The summed E-state index contributed by atoms with van der Waals surface area (Å²) in [5.74, 6) is 0.260. The van der Waals surface area contributed by atoms with E-state index in [0.29, 0.717) is 30.3 Å². The van der Waals surface area contributed by atoms with Crippen molar-refractivity contribution in [2.24, 2.45) is 0 Å². The number of nitrogens with zero attached hydrogens (tertiary/aromatic N) is 1. The Labute approximate surface area is 146 Å². The maximum Gasteiger partial charge on any atom is 0.319 e. The normalized spacial score (nSPS) is 10.1. The number of aromatic nitrogens is 1. The fraction of sp³-hybridized carbons (Fsp3) is 0.278. The van der Waals surface area contributed by atoms with Crippen LogP contribution in [0.2, 0.25) is 0 Å². The van der Waals surface area contributed by atoms with Gasteiger partial charge in [0.25, 0.3) is 0 Å². The highest BCUT2D eigenvalue weighted by molar-refractivity contribution is 5.89. The Hall–Kier alpha value is -3.09. The van der Waals surface area contributed by atoms with Gasteiger partial charge in [-0.3, -0.25) is 4.79 Å². The molecule has 0 unspecified atom stereocenters. The van der Waals surface area contributed by atoms with Crippen molar-refractivity contribution in [2.75, 3.05) is 11.9 Å². The second-order valence-corrected chi connectivity index (χ2v) is 5.37. The van der Waals surface area contributed by atoms with E-state index in [9.17, 15) is 9.59 Å². The summed E-state index contributed by atoms with van der Waals surface area (Å²) in [6.07, 6.45) is 2.82. The molecular weight excluding hydrogens is 322 g/mol. The second-order valence-electron chi connectivity index (χ2n) is 5.37. The van der Waals surface area contributed by atoms with Gasteiger partial charge in [-0.1, -0.05) is 19.1 Å². The monoisotopic (exact) mass is 343 g/mol. The van der Waals surface area contributed by atoms with Crippen LogP contribution in [-0.4, -0.2) is 28.6 Å². The number of aryl methyl sites for hydroxylation is 1. The number of urea groups is 1. The van der Waals surface area contributed by atoms with Crippen molar-refractivity contribution >= 4 is 17.7 Å². The van der Waals surface area contributed by atoms with Crippen LogP contribution in [0, 0.1) is 0 Å². The summed E-state index contributed by atoms with van der Waals surface area (Å²) in [7, 11) is 0. The molecule has 25 heavy (non-hydrogen) atoms. The molecule has 132 valence electrons. The number of carboxylic acid groups (broad SMARTS) is 1. The molecular formula is C18H21N3O4. The van der Waals surface area contributed by atoms with Gasteiger partial charge in [0, 0.05) is 19.0 Å². The molecule has 1 aromatic carbocycles. The van der Waals surface area contributed by atoms with Gasteiger partial charge in [0.2, 0.25) is 5.88 Å². The predicted octanol–water partition coefficient (Wildman–Crippen LogP) is 3.42. The Kier molecular flexibility index (Phi) is 6.76. The molecule has 0 bridgehead atoms. The van der Waals surface area contributed by atoms with E-state index in [-0.39, 0.29) is 6.42 Å². The molecule has 1 heterocycles. The van der Waals surface area contributed by atoms with Gasteiger partial charge in [-0.15, -0.1) is 0 Å². The zero-order valence-electron chi connectivity index (χ0n) is 14.0. The van der Waals surface area contributed by atoms with Gasteiger partial charge in [-0.25, -0.2) is 9.78 Å².